The molecule has 7 atom stereocenters. The van der Waals surface area contributed by atoms with Crippen LogP contribution in [0.4, 0.5) is 5.69 Å². The fraction of sp³-hybridized carbons (Fsp3) is 0.667. The summed E-state index contributed by atoms with van der Waals surface area (Å²) in [5.74, 6) is 2.01. The zero-order chi connectivity index (χ0) is 34.3. The number of amides is 1. The molecule has 0 aromatic heterocycles. The summed E-state index contributed by atoms with van der Waals surface area (Å²) in [5, 5.41) is 0.552. The van der Waals surface area contributed by atoms with Gasteiger partial charge in [0.2, 0.25) is 0 Å². The molecule has 2 aromatic carbocycles. The molecule has 0 spiro atoms. The van der Waals surface area contributed by atoms with Gasteiger partial charge in [-0.05, 0) is 111 Å². The number of hydrogen-bond donors (Lipinski definition) is 1. The Morgan fingerprint density at radius 1 is 1.02 bits per heavy atom. The lowest BCUT2D eigenvalue weighted by atomic mass is 9.65. The number of carbonyl (C=O) groups is 1. The van der Waals surface area contributed by atoms with Crippen molar-refractivity contribution in [2.45, 2.75) is 95.5 Å². The monoisotopic (exact) mass is 714 g/mol. The van der Waals surface area contributed by atoms with Crippen molar-refractivity contribution in [3.8, 4) is 5.75 Å². The highest BCUT2D eigenvalue weighted by atomic mass is 35.5. The fourth-order valence-corrected chi connectivity index (χ4v) is 9.96. The summed E-state index contributed by atoms with van der Waals surface area (Å²) < 4.78 is 41.2. The summed E-state index contributed by atoms with van der Waals surface area (Å²) in [4.78, 5) is 16.2. The number of unbranched alkanes of at least 4 members (excludes halogenated alkanes) is 1. The number of aryl methyl sites for hydroxylation is 1. The molecule has 3 aliphatic heterocycles. The number of methoxy groups -OCH3 is 1. The second-order valence-electron chi connectivity index (χ2n) is 14.6. The zero-order valence-corrected chi connectivity index (χ0v) is 31.1. The molecule has 1 N–H and O–H groups in total. The average molecular weight is 715 g/mol. The van der Waals surface area contributed by atoms with Gasteiger partial charge >= 0.3 is 0 Å². The van der Waals surface area contributed by atoms with Crippen LogP contribution in [0.1, 0.15) is 99.0 Å². The van der Waals surface area contributed by atoms with Crippen LogP contribution < -0.4 is 14.4 Å². The van der Waals surface area contributed by atoms with E-state index in [4.69, 9.17) is 30.5 Å². The van der Waals surface area contributed by atoms with Gasteiger partial charge < -0.3 is 23.8 Å². The Morgan fingerprint density at radius 3 is 2.61 bits per heavy atom. The molecule has 6 rings (SSSR count). The molecule has 7 unspecified atom stereocenters. The second kappa shape index (κ2) is 17.4. The van der Waals surface area contributed by atoms with Crippen molar-refractivity contribution in [1.29, 1.82) is 0 Å². The summed E-state index contributed by atoms with van der Waals surface area (Å²) in [7, 11) is 0.101. The van der Waals surface area contributed by atoms with E-state index in [1.165, 1.54) is 11.1 Å². The van der Waals surface area contributed by atoms with Crippen molar-refractivity contribution in [2.75, 3.05) is 51.5 Å². The molecule has 0 radical (unpaired) electrons. The van der Waals surface area contributed by atoms with E-state index >= 15 is 0 Å². The molecule has 1 aliphatic carbocycles. The van der Waals surface area contributed by atoms with Crippen molar-refractivity contribution in [3.63, 3.8) is 0 Å². The lowest BCUT2D eigenvalue weighted by Gasteiger charge is -2.47. The maximum Gasteiger partial charge on any atom is 0.263 e. The highest BCUT2D eigenvalue weighted by molar-refractivity contribution is 7.84. The summed E-state index contributed by atoms with van der Waals surface area (Å²) in [6.07, 6.45) is 9.81. The number of halogens is 1. The van der Waals surface area contributed by atoms with Crippen molar-refractivity contribution < 1.29 is 28.0 Å². The zero-order valence-electron chi connectivity index (χ0n) is 29.5. The molecule has 2 aromatic rings. The minimum absolute atomic E-state index is 0.134. The molecule has 4 aliphatic rings. The Morgan fingerprint density at radius 2 is 1.86 bits per heavy atom. The third-order valence-corrected chi connectivity index (χ3v) is 13.2. The summed E-state index contributed by atoms with van der Waals surface area (Å²) in [6.45, 7) is 8.54. The topological polar surface area (TPSA) is 86.3 Å². The molecule has 49 heavy (non-hydrogen) atoms. The minimum atomic E-state index is -1.56. The Labute approximate surface area is 300 Å². The number of nitrogens with zero attached hydrogens (tertiary/aromatic N) is 1. The largest absolute Gasteiger partial charge is 0.491 e. The van der Waals surface area contributed by atoms with Gasteiger partial charge in [0.1, 0.15) is 16.7 Å². The van der Waals surface area contributed by atoms with Crippen LogP contribution in [0, 0.1) is 23.7 Å². The maximum atomic E-state index is 13.8. The molecule has 1 saturated heterocycles. The van der Waals surface area contributed by atoms with E-state index < -0.39 is 11.0 Å². The highest BCUT2D eigenvalue weighted by Gasteiger charge is 2.43. The van der Waals surface area contributed by atoms with Crippen molar-refractivity contribution in [1.82, 2.24) is 4.72 Å². The van der Waals surface area contributed by atoms with E-state index in [-0.39, 0.29) is 29.3 Å². The van der Waals surface area contributed by atoms with E-state index in [9.17, 15) is 9.00 Å². The SMILES string of the molecule is CCCCc1cc(Cl)ccc1C1COc2ccc3cc2N(C1)CC1CCC1C(C1OCCCO1)CCCC(C)C(CCOC)S(=O)NC3=O. The predicted molar refractivity (Wildman–Crippen MR) is 196 cm³/mol. The van der Waals surface area contributed by atoms with E-state index in [1.54, 1.807) is 13.2 Å². The molecule has 3 heterocycles. The highest BCUT2D eigenvalue weighted by Crippen LogP contribution is 2.47. The molecular weight excluding hydrogens is 660 g/mol. The number of benzene rings is 2. The van der Waals surface area contributed by atoms with Crippen LogP contribution in [-0.4, -0.2) is 68.3 Å². The third kappa shape index (κ3) is 8.83. The van der Waals surface area contributed by atoms with Crippen molar-refractivity contribution in [3.05, 3.63) is 58.1 Å². The lowest BCUT2D eigenvalue weighted by Crippen LogP contribution is -2.47. The molecule has 1 amide bonds. The average Bonchev–Trinajstić information content (AvgIpc) is 3.27. The van der Waals surface area contributed by atoms with Gasteiger partial charge in [-0.1, -0.05) is 44.4 Å². The number of anilines is 1. The number of nitrogens with one attached hydrogen (secondary N) is 1. The summed E-state index contributed by atoms with van der Waals surface area (Å²) >= 11 is 6.51. The first-order valence-electron chi connectivity index (χ1n) is 18.6. The van der Waals surface area contributed by atoms with Crippen LogP contribution in [0.2, 0.25) is 5.02 Å². The number of carbonyl (C=O) groups excluding carboxylic acids is 1. The van der Waals surface area contributed by atoms with Crippen molar-refractivity contribution >= 4 is 34.2 Å². The van der Waals surface area contributed by atoms with Crippen LogP contribution in [0.3, 0.4) is 0 Å². The number of hydrogen-bond acceptors (Lipinski definition) is 7. The number of ether oxygens (including phenoxy) is 4. The summed E-state index contributed by atoms with van der Waals surface area (Å²) in [6, 6.07) is 12.0. The standard InChI is InChI=1S/C39H55ClN2O6S/c1-4-5-9-27-21-31(40)13-15-32(27)30-24-42-23-29-11-14-33(29)34(39-46-18-7-19-47-39)10-6-8-26(2)37(17-20-45-3)49(44)41-38(43)28-12-16-36(48-25-30)35(42)22-28/h12-13,15-16,21-22,26,29-30,33-34,37,39H,4-11,14,17-20,23-25H2,1-3H3,(H,41,43). The number of fused-ring (bicyclic) bond motifs is 2. The first-order valence-corrected chi connectivity index (χ1v) is 20.2. The summed E-state index contributed by atoms with van der Waals surface area (Å²) in [5.41, 5.74) is 3.99. The van der Waals surface area contributed by atoms with Crippen LogP contribution in [0.5, 0.6) is 5.75 Å². The van der Waals surface area contributed by atoms with E-state index in [0.29, 0.717) is 43.0 Å². The third-order valence-electron chi connectivity index (χ3n) is 11.4. The Bertz CT molecular complexity index is 1440. The van der Waals surface area contributed by atoms with Gasteiger partial charge in [0.05, 0.1) is 30.8 Å². The van der Waals surface area contributed by atoms with Crippen LogP contribution in [-0.2, 0) is 31.6 Å². The lowest BCUT2D eigenvalue weighted by molar-refractivity contribution is -0.224. The molecular formula is C39H55ClN2O6S. The second-order valence-corrected chi connectivity index (χ2v) is 16.5. The van der Waals surface area contributed by atoms with E-state index in [2.05, 4.69) is 35.6 Å². The van der Waals surface area contributed by atoms with Gasteiger partial charge in [-0.3, -0.25) is 9.52 Å². The normalized spacial score (nSPS) is 30.0. The molecule has 1 saturated carbocycles. The van der Waals surface area contributed by atoms with Crippen LogP contribution in [0.15, 0.2) is 36.4 Å². The van der Waals surface area contributed by atoms with Gasteiger partial charge in [-0.15, -0.1) is 0 Å². The first kappa shape index (κ1) is 36.6. The van der Waals surface area contributed by atoms with E-state index in [1.807, 2.05) is 18.2 Å². The molecule has 2 bridgehead atoms. The molecule has 2 fully saturated rings. The Hall–Kier alpha value is -2.17. The Kier molecular flexibility index (Phi) is 13.0. The fourth-order valence-electron chi connectivity index (χ4n) is 8.45. The maximum absolute atomic E-state index is 13.8. The van der Waals surface area contributed by atoms with Gasteiger partial charge in [-0.25, -0.2) is 4.21 Å². The van der Waals surface area contributed by atoms with Crippen molar-refractivity contribution in [2.24, 2.45) is 23.7 Å². The minimum Gasteiger partial charge on any atom is -0.491 e. The molecule has 10 heteroatoms. The Balaban J connectivity index is 1.36. The van der Waals surface area contributed by atoms with Crippen LogP contribution >= 0.6 is 11.6 Å². The molecule has 8 nitrogen and oxygen atoms in total. The molecule has 270 valence electrons. The van der Waals surface area contributed by atoms with E-state index in [0.717, 1.165) is 101 Å². The van der Waals surface area contributed by atoms with Gasteiger partial charge in [0, 0.05) is 49.2 Å². The smallest absolute Gasteiger partial charge is 0.263 e. The van der Waals surface area contributed by atoms with Gasteiger partial charge in [-0.2, -0.15) is 0 Å². The van der Waals surface area contributed by atoms with Crippen LogP contribution in [0.25, 0.3) is 0 Å². The first-order chi connectivity index (χ1) is 23.9. The number of rotatable bonds is 8. The predicted octanol–water partition coefficient (Wildman–Crippen LogP) is 7.69. The van der Waals surface area contributed by atoms with Gasteiger partial charge in [0.25, 0.3) is 5.91 Å². The van der Waals surface area contributed by atoms with Gasteiger partial charge in [0.15, 0.2) is 6.29 Å². The quantitative estimate of drug-likeness (QED) is 0.300.